The van der Waals surface area contributed by atoms with Crippen molar-refractivity contribution in [2.75, 3.05) is 7.05 Å². The summed E-state index contributed by atoms with van der Waals surface area (Å²) in [5.41, 5.74) is 6.24. The first-order valence-corrected chi connectivity index (χ1v) is 9.05. The number of rotatable bonds is 6. The Labute approximate surface area is 160 Å². The van der Waals surface area contributed by atoms with Gasteiger partial charge in [-0.3, -0.25) is 4.99 Å². The van der Waals surface area contributed by atoms with Crippen LogP contribution in [-0.2, 0) is 19.6 Å². The number of nitrogens with one attached hydrogen (secondary N) is 2. The standard InChI is InChI=1S/C21H26N6/c1-16-7-8-20(17(2)9-16)12-25-21(22-3)24-11-18-5-4-6-19(10-18)13-27-15-23-14-26-27/h4-10,14-15H,11-13H2,1-3H3,(H2,22,24,25). The summed E-state index contributed by atoms with van der Waals surface area (Å²) in [6, 6.07) is 14.9. The predicted molar refractivity (Wildman–Crippen MR) is 109 cm³/mol. The minimum atomic E-state index is 0.706. The van der Waals surface area contributed by atoms with Gasteiger partial charge in [0.05, 0.1) is 6.54 Å². The van der Waals surface area contributed by atoms with Gasteiger partial charge in [-0.1, -0.05) is 48.0 Å². The lowest BCUT2D eigenvalue weighted by Crippen LogP contribution is -2.36. The fraction of sp³-hybridized carbons (Fsp3) is 0.286. The number of aromatic nitrogens is 3. The van der Waals surface area contributed by atoms with E-state index in [0.29, 0.717) is 13.1 Å². The molecular formula is C21H26N6. The monoisotopic (exact) mass is 362 g/mol. The van der Waals surface area contributed by atoms with Gasteiger partial charge < -0.3 is 10.6 Å². The molecule has 0 aliphatic rings. The molecule has 6 heteroatoms. The first-order chi connectivity index (χ1) is 13.1. The lowest BCUT2D eigenvalue weighted by Gasteiger charge is -2.14. The van der Waals surface area contributed by atoms with Crippen molar-refractivity contribution in [2.45, 2.75) is 33.5 Å². The van der Waals surface area contributed by atoms with Crippen molar-refractivity contribution in [3.63, 3.8) is 0 Å². The lowest BCUT2D eigenvalue weighted by molar-refractivity contribution is 0.683. The molecule has 0 fully saturated rings. The Hall–Kier alpha value is -3.15. The summed E-state index contributed by atoms with van der Waals surface area (Å²) in [6.45, 7) is 6.42. The summed E-state index contributed by atoms with van der Waals surface area (Å²) < 4.78 is 1.82. The number of hydrogen-bond acceptors (Lipinski definition) is 3. The maximum absolute atomic E-state index is 4.32. The highest BCUT2D eigenvalue weighted by Gasteiger charge is 2.03. The third-order valence-corrected chi connectivity index (χ3v) is 4.43. The van der Waals surface area contributed by atoms with Crippen molar-refractivity contribution in [3.05, 3.63) is 82.9 Å². The molecule has 0 bridgehead atoms. The Bertz CT molecular complexity index is 899. The van der Waals surface area contributed by atoms with Crippen molar-refractivity contribution in [2.24, 2.45) is 4.99 Å². The van der Waals surface area contributed by atoms with E-state index in [1.54, 1.807) is 19.7 Å². The molecule has 0 aliphatic heterocycles. The molecular weight excluding hydrogens is 336 g/mol. The maximum atomic E-state index is 4.32. The molecule has 1 heterocycles. The molecule has 2 aromatic carbocycles. The largest absolute Gasteiger partial charge is 0.352 e. The van der Waals surface area contributed by atoms with Crippen LogP contribution in [0.3, 0.4) is 0 Å². The second-order valence-corrected chi connectivity index (χ2v) is 6.62. The molecule has 27 heavy (non-hydrogen) atoms. The number of aryl methyl sites for hydroxylation is 2. The number of nitrogens with zero attached hydrogens (tertiary/aromatic N) is 4. The molecule has 3 aromatic rings. The molecule has 3 rings (SSSR count). The predicted octanol–water partition coefficient (Wildman–Crippen LogP) is 2.81. The Balaban J connectivity index is 1.54. The van der Waals surface area contributed by atoms with Crippen LogP contribution in [0.5, 0.6) is 0 Å². The number of hydrogen-bond donors (Lipinski definition) is 2. The minimum absolute atomic E-state index is 0.706. The third-order valence-electron chi connectivity index (χ3n) is 4.43. The minimum Gasteiger partial charge on any atom is -0.352 e. The van der Waals surface area contributed by atoms with E-state index in [9.17, 15) is 0 Å². The highest BCUT2D eigenvalue weighted by molar-refractivity contribution is 5.79. The van der Waals surface area contributed by atoms with E-state index in [1.165, 1.54) is 27.8 Å². The normalized spacial score (nSPS) is 11.4. The smallest absolute Gasteiger partial charge is 0.191 e. The van der Waals surface area contributed by atoms with Gasteiger partial charge in [-0.25, -0.2) is 9.67 Å². The number of benzene rings is 2. The molecule has 140 valence electrons. The molecule has 0 saturated heterocycles. The second kappa shape index (κ2) is 8.98. The van der Waals surface area contributed by atoms with Crippen LogP contribution in [0.25, 0.3) is 0 Å². The molecule has 0 saturated carbocycles. The van der Waals surface area contributed by atoms with Crippen LogP contribution < -0.4 is 10.6 Å². The average molecular weight is 362 g/mol. The number of aliphatic imine (C=N–C) groups is 1. The van der Waals surface area contributed by atoms with Crippen molar-refractivity contribution in [1.29, 1.82) is 0 Å². The fourth-order valence-electron chi connectivity index (χ4n) is 2.97. The van der Waals surface area contributed by atoms with Crippen molar-refractivity contribution in [3.8, 4) is 0 Å². The third kappa shape index (κ3) is 5.41. The van der Waals surface area contributed by atoms with Crippen LogP contribution in [-0.4, -0.2) is 27.8 Å². The topological polar surface area (TPSA) is 67.1 Å². The Kier molecular flexibility index (Phi) is 6.20. The van der Waals surface area contributed by atoms with E-state index in [4.69, 9.17) is 0 Å². The van der Waals surface area contributed by atoms with Crippen LogP contribution in [0.2, 0.25) is 0 Å². The van der Waals surface area contributed by atoms with E-state index in [0.717, 1.165) is 12.5 Å². The van der Waals surface area contributed by atoms with E-state index in [1.807, 2.05) is 4.68 Å². The van der Waals surface area contributed by atoms with E-state index >= 15 is 0 Å². The Morgan fingerprint density at radius 3 is 2.59 bits per heavy atom. The summed E-state index contributed by atoms with van der Waals surface area (Å²) >= 11 is 0. The van der Waals surface area contributed by atoms with Gasteiger partial charge in [-0.2, -0.15) is 5.10 Å². The zero-order valence-corrected chi connectivity index (χ0v) is 16.1. The highest BCUT2D eigenvalue weighted by Crippen LogP contribution is 2.10. The summed E-state index contributed by atoms with van der Waals surface area (Å²) in [6.07, 6.45) is 3.28. The van der Waals surface area contributed by atoms with Gasteiger partial charge in [0.1, 0.15) is 12.7 Å². The molecule has 0 unspecified atom stereocenters. The first kappa shape index (κ1) is 18.6. The van der Waals surface area contributed by atoms with E-state index in [-0.39, 0.29) is 0 Å². The van der Waals surface area contributed by atoms with Crippen molar-refractivity contribution >= 4 is 5.96 Å². The van der Waals surface area contributed by atoms with Crippen molar-refractivity contribution in [1.82, 2.24) is 25.4 Å². The molecule has 1 aromatic heterocycles. The summed E-state index contributed by atoms with van der Waals surface area (Å²) in [5.74, 6) is 0.789. The molecule has 0 spiro atoms. The van der Waals surface area contributed by atoms with E-state index in [2.05, 4.69) is 82.0 Å². The number of guanidine groups is 1. The first-order valence-electron chi connectivity index (χ1n) is 9.05. The molecule has 0 radical (unpaired) electrons. The van der Waals surface area contributed by atoms with Gasteiger partial charge in [-0.15, -0.1) is 0 Å². The zero-order chi connectivity index (χ0) is 19.1. The SMILES string of the molecule is CN=C(NCc1cccc(Cn2cncn2)c1)NCc1ccc(C)cc1C. The molecule has 0 amide bonds. The Morgan fingerprint density at radius 1 is 1.04 bits per heavy atom. The molecule has 0 atom stereocenters. The van der Waals surface area contributed by atoms with Crippen LogP contribution in [0.1, 0.15) is 27.8 Å². The quantitative estimate of drug-likeness (QED) is 0.523. The van der Waals surface area contributed by atoms with Crippen LogP contribution in [0.15, 0.2) is 60.1 Å². The maximum Gasteiger partial charge on any atom is 0.191 e. The molecule has 6 nitrogen and oxygen atoms in total. The van der Waals surface area contributed by atoms with E-state index < -0.39 is 0 Å². The zero-order valence-electron chi connectivity index (χ0n) is 16.1. The van der Waals surface area contributed by atoms with Crippen LogP contribution in [0, 0.1) is 13.8 Å². The average Bonchev–Trinajstić information content (AvgIpc) is 3.16. The van der Waals surface area contributed by atoms with Crippen LogP contribution >= 0.6 is 0 Å². The summed E-state index contributed by atoms with van der Waals surface area (Å²) in [5, 5.41) is 10.9. The highest BCUT2D eigenvalue weighted by atomic mass is 15.3. The fourth-order valence-corrected chi connectivity index (χ4v) is 2.97. The summed E-state index contributed by atoms with van der Waals surface area (Å²) in [7, 11) is 1.79. The van der Waals surface area contributed by atoms with Gasteiger partial charge in [0.25, 0.3) is 0 Å². The van der Waals surface area contributed by atoms with Crippen molar-refractivity contribution < 1.29 is 0 Å². The van der Waals surface area contributed by atoms with Crippen LogP contribution in [0.4, 0.5) is 0 Å². The van der Waals surface area contributed by atoms with Gasteiger partial charge >= 0.3 is 0 Å². The van der Waals surface area contributed by atoms with Gasteiger partial charge in [0.15, 0.2) is 5.96 Å². The van der Waals surface area contributed by atoms with Gasteiger partial charge in [0.2, 0.25) is 0 Å². The van der Waals surface area contributed by atoms with Gasteiger partial charge in [-0.05, 0) is 36.1 Å². The molecule has 2 N–H and O–H groups in total. The summed E-state index contributed by atoms with van der Waals surface area (Å²) in [4.78, 5) is 8.30. The Morgan fingerprint density at radius 2 is 1.85 bits per heavy atom. The molecule has 0 aliphatic carbocycles. The second-order valence-electron chi connectivity index (χ2n) is 6.62. The van der Waals surface area contributed by atoms with Gasteiger partial charge in [0, 0.05) is 20.1 Å². The lowest BCUT2D eigenvalue weighted by atomic mass is 10.1.